The van der Waals surface area contributed by atoms with Gasteiger partial charge in [0.15, 0.2) is 0 Å². The van der Waals surface area contributed by atoms with Crippen molar-refractivity contribution in [2.75, 3.05) is 32.8 Å². The number of carbonyl (C=O) groups excluding carboxylic acids is 1. The van der Waals surface area contributed by atoms with Crippen LogP contribution >= 0.6 is 0 Å². The molecule has 0 aromatic carbocycles. The normalized spacial score (nSPS) is 20.2. The third kappa shape index (κ3) is 7.22. The lowest BCUT2D eigenvalue weighted by Gasteiger charge is -2.32. The summed E-state index contributed by atoms with van der Waals surface area (Å²) >= 11 is 0. The number of carboxylic acid groups (broad SMARTS) is 1. The van der Waals surface area contributed by atoms with Gasteiger partial charge in [-0.3, -0.25) is 9.59 Å². The fraction of sp³-hybridized carbons (Fsp3) is 0.875. The van der Waals surface area contributed by atoms with Gasteiger partial charge in [-0.2, -0.15) is 0 Å². The molecule has 0 radical (unpaired) electrons. The van der Waals surface area contributed by atoms with Crippen LogP contribution in [0.25, 0.3) is 0 Å². The zero-order valence-corrected chi connectivity index (χ0v) is 13.4. The molecule has 1 saturated carbocycles. The van der Waals surface area contributed by atoms with Crippen LogP contribution in [0, 0.1) is 11.8 Å². The lowest BCUT2D eigenvalue weighted by molar-refractivity contribution is -0.125. The smallest absolute Gasteiger partial charge is 0.290 e. The summed E-state index contributed by atoms with van der Waals surface area (Å²) in [4.78, 5) is 22.7. The van der Waals surface area contributed by atoms with E-state index in [0.29, 0.717) is 17.7 Å². The first kappa shape index (κ1) is 18.9. The monoisotopic (exact) mass is 314 g/mol. The van der Waals surface area contributed by atoms with Gasteiger partial charge in [-0.15, -0.1) is 0 Å². The van der Waals surface area contributed by atoms with Crippen molar-refractivity contribution in [1.82, 2.24) is 10.2 Å². The highest BCUT2D eigenvalue weighted by Crippen LogP contribution is 2.25. The molecule has 6 nitrogen and oxygen atoms in total. The molecule has 2 aliphatic rings. The number of nitrogens with one attached hydrogen (secondary N) is 1. The molecule has 1 saturated heterocycles. The number of aliphatic hydroxyl groups is 1. The van der Waals surface area contributed by atoms with Crippen LogP contribution in [-0.4, -0.2) is 60.3 Å². The maximum atomic E-state index is 11.9. The Bertz CT molecular complexity index is 311. The summed E-state index contributed by atoms with van der Waals surface area (Å²) < 4.78 is 0. The Morgan fingerprint density at radius 2 is 1.77 bits per heavy atom. The fourth-order valence-corrected chi connectivity index (χ4v) is 3.29. The number of piperidine rings is 1. The molecule has 0 aromatic rings. The van der Waals surface area contributed by atoms with Crippen LogP contribution in [0.15, 0.2) is 0 Å². The van der Waals surface area contributed by atoms with Gasteiger partial charge in [0.1, 0.15) is 0 Å². The first-order valence-corrected chi connectivity index (χ1v) is 8.40. The van der Waals surface area contributed by atoms with Gasteiger partial charge in [0, 0.05) is 25.6 Å². The highest BCUT2D eigenvalue weighted by Gasteiger charge is 2.24. The summed E-state index contributed by atoms with van der Waals surface area (Å²) in [6, 6.07) is 0. The second-order valence-electron chi connectivity index (χ2n) is 6.19. The van der Waals surface area contributed by atoms with Gasteiger partial charge in [-0.25, -0.2) is 0 Å². The van der Waals surface area contributed by atoms with E-state index in [1.54, 1.807) is 0 Å². The van der Waals surface area contributed by atoms with Crippen LogP contribution in [0.5, 0.6) is 0 Å². The van der Waals surface area contributed by atoms with E-state index in [0.717, 1.165) is 45.4 Å². The molecule has 2 rings (SSSR count). The maximum Gasteiger partial charge on any atom is 0.290 e. The standard InChI is InChI=1S/C15H28N2O2.CH2O2/c18-11-3-8-17-9-6-13(7-10-17)12-16-15(19)14-4-1-2-5-14;2-1-3/h13-14,18H,1-12H2,(H,16,19);1H,(H,2,3). The molecule has 128 valence electrons. The molecule has 3 N–H and O–H groups in total. The first-order chi connectivity index (χ1) is 10.7. The van der Waals surface area contributed by atoms with Crippen LogP contribution in [0.4, 0.5) is 0 Å². The zero-order valence-electron chi connectivity index (χ0n) is 13.4. The van der Waals surface area contributed by atoms with Crippen molar-refractivity contribution in [3.8, 4) is 0 Å². The highest BCUT2D eigenvalue weighted by atomic mass is 16.3. The van der Waals surface area contributed by atoms with Crippen molar-refractivity contribution < 1.29 is 19.8 Å². The van der Waals surface area contributed by atoms with E-state index >= 15 is 0 Å². The van der Waals surface area contributed by atoms with Crippen molar-refractivity contribution in [3.63, 3.8) is 0 Å². The third-order valence-electron chi connectivity index (χ3n) is 4.63. The van der Waals surface area contributed by atoms with Crippen molar-refractivity contribution in [2.24, 2.45) is 11.8 Å². The molecule has 0 spiro atoms. The lowest BCUT2D eigenvalue weighted by Crippen LogP contribution is -2.40. The Morgan fingerprint density at radius 1 is 1.18 bits per heavy atom. The van der Waals surface area contributed by atoms with E-state index in [1.807, 2.05) is 0 Å². The SMILES string of the molecule is O=C(NCC1CCN(CCCO)CC1)C1CCCC1.O=CO. The van der Waals surface area contributed by atoms with Crippen LogP contribution in [-0.2, 0) is 9.59 Å². The van der Waals surface area contributed by atoms with Gasteiger partial charge < -0.3 is 20.4 Å². The van der Waals surface area contributed by atoms with Crippen LogP contribution in [0.3, 0.4) is 0 Å². The summed E-state index contributed by atoms with van der Waals surface area (Å²) in [5, 5.41) is 18.9. The third-order valence-corrected chi connectivity index (χ3v) is 4.63. The predicted octanol–water partition coefficient (Wildman–Crippen LogP) is 1.09. The molecular weight excluding hydrogens is 284 g/mol. The number of carbonyl (C=O) groups is 2. The molecule has 6 heteroatoms. The van der Waals surface area contributed by atoms with E-state index < -0.39 is 0 Å². The number of aliphatic hydroxyl groups excluding tert-OH is 1. The topological polar surface area (TPSA) is 89.9 Å². The minimum Gasteiger partial charge on any atom is -0.483 e. The Morgan fingerprint density at radius 3 is 2.32 bits per heavy atom. The molecule has 1 aliphatic heterocycles. The number of amides is 1. The Balaban J connectivity index is 0.000000745. The number of nitrogens with zero attached hydrogens (tertiary/aromatic N) is 1. The second kappa shape index (κ2) is 11.4. The molecule has 2 fully saturated rings. The summed E-state index contributed by atoms with van der Waals surface area (Å²) in [5.74, 6) is 1.24. The molecule has 1 aliphatic carbocycles. The van der Waals surface area contributed by atoms with Crippen molar-refractivity contribution in [3.05, 3.63) is 0 Å². The molecule has 1 amide bonds. The summed E-state index contributed by atoms with van der Waals surface area (Å²) in [7, 11) is 0. The minimum atomic E-state index is -0.250. The van der Waals surface area contributed by atoms with Crippen LogP contribution < -0.4 is 5.32 Å². The summed E-state index contributed by atoms with van der Waals surface area (Å²) in [6.45, 7) is 4.14. The number of hydrogen-bond acceptors (Lipinski definition) is 4. The Hall–Kier alpha value is -1.14. The molecule has 0 aromatic heterocycles. The van der Waals surface area contributed by atoms with Gasteiger partial charge in [0.05, 0.1) is 0 Å². The van der Waals surface area contributed by atoms with Crippen LogP contribution in [0.2, 0.25) is 0 Å². The molecule has 22 heavy (non-hydrogen) atoms. The Labute approximate surface area is 132 Å². The number of likely N-dealkylation sites (tertiary alicyclic amines) is 1. The van der Waals surface area contributed by atoms with E-state index in [2.05, 4.69) is 10.2 Å². The summed E-state index contributed by atoms with van der Waals surface area (Å²) in [5.41, 5.74) is 0. The van der Waals surface area contributed by atoms with E-state index in [9.17, 15) is 4.79 Å². The quantitative estimate of drug-likeness (QED) is 0.639. The van der Waals surface area contributed by atoms with Crippen LogP contribution in [0.1, 0.15) is 44.9 Å². The summed E-state index contributed by atoms with van der Waals surface area (Å²) in [6.07, 6.45) is 7.86. The molecule has 0 atom stereocenters. The first-order valence-electron chi connectivity index (χ1n) is 8.40. The Kier molecular flexibility index (Phi) is 9.82. The average Bonchev–Trinajstić information content (AvgIpc) is 3.07. The van der Waals surface area contributed by atoms with Gasteiger partial charge in [-0.05, 0) is 51.1 Å². The highest BCUT2D eigenvalue weighted by molar-refractivity contribution is 5.78. The second-order valence-corrected chi connectivity index (χ2v) is 6.19. The van der Waals surface area contributed by atoms with E-state index in [4.69, 9.17) is 15.0 Å². The largest absolute Gasteiger partial charge is 0.483 e. The molecule has 1 heterocycles. The minimum absolute atomic E-state index is 0.250. The van der Waals surface area contributed by atoms with Gasteiger partial charge in [0.25, 0.3) is 6.47 Å². The number of rotatable bonds is 6. The van der Waals surface area contributed by atoms with Crippen molar-refractivity contribution in [2.45, 2.75) is 44.9 Å². The van der Waals surface area contributed by atoms with Gasteiger partial charge in [-0.1, -0.05) is 12.8 Å². The lowest BCUT2D eigenvalue weighted by atomic mass is 9.96. The number of hydrogen-bond donors (Lipinski definition) is 3. The van der Waals surface area contributed by atoms with E-state index in [-0.39, 0.29) is 13.1 Å². The molecule has 0 unspecified atom stereocenters. The molecule has 0 bridgehead atoms. The van der Waals surface area contributed by atoms with Crippen molar-refractivity contribution in [1.29, 1.82) is 0 Å². The maximum absolute atomic E-state index is 11.9. The van der Waals surface area contributed by atoms with Gasteiger partial charge >= 0.3 is 0 Å². The zero-order chi connectivity index (χ0) is 16.2. The average molecular weight is 314 g/mol. The fourth-order valence-electron chi connectivity index (χ4n) is 3.29. The van der Waals surface area contributed by atoms with Gasteiger partial charge in [0.2, 0.25) is 5.91 Å². The molecular formula is C16H30N2O4. The predicted molar refractivity (Wildman–Crippen MR) is 84.5 cm³/mol. The van der Waals surface area contributed by atoms with E-state index in [1.165, 1.54) is 25.7 Å². The van der Waals surface area contributed by atoms with Crippen molar-refractivity contribution >= 4 is 12.4 Å².